The smallest absolute Gasteiger partial charge is 0.416 e. The molecule has 9 heteroatoms. The summed E-state index contributed by atoms with van der Waals surface area (Å²) in [5.74, 6) is 0.0476. The van der Waals surface area contributed by atoms with Crippen LogP contribution in [0.4, 0.5) is 13.2 Å². The highest BCUT2D eigenvalue weighted by Gasteiger charge is 2.31. The lowest BCUT2D eigenvalue weighted by Crippen LogP contribution is -2.47. The van der Waals surface area contributed by atoms with Gasteiger partial charge in [-0.3, -0.25) is 9.59 Å². The fraction of sp³-hybridized carbons (Fsp3) is 0.391. The monoisotopic (exact) mass is 452 g/mol. The van der Waals surface area contributed by atoms with Gasteiger partial charge in [0.2, 0.25) is 5.91 Å². The molecule has 0 aromatic heterocycles. The second-order valence-corrected chi connectivity index (χ2v) is 7.12. The number of rotatable bonds is 10. The summed E-state index contributed by atoms with van der Waals surface area (Å²) in [4.78, 5) is 25.0. The molecule has 1 unspecified atom stereocenters. The van der Waals surface area contributed by atoms with E-state index in [1.807, 2.05) is 19.1 Å². The van der Waals surface area contributed by atoms with E-state index in [4.69, 9.17) is 9.47 Å². The molecule has 2 rings (SSSR count). The predicted octanol–water partition coefficient (Wildman–Crippen LogP) is 3.98. The highest BCUT2D eigenvalue weighted by molar-refractivity contribution is 5.97. The van der Waals surface area contributed by atoms with Gasteiger partial charge < -0.3 is 20.1 Å². The molecule has 0 saturated heterocycles. The molecule has 0 heterocycles. The number of hydrogen-bond acceptors (Lipinski definition) is 4. The Morgan fingerprint density at radius 2 is 1.75 bits per heavy atom. The normalized spacial score (nSPS) is 12.1. The maximum absolute atomic E-state index is 12.9. The summed E-state index contributed by atoms with van der Waals surface area (Å²) in [6, 6.07) is 8.68. The minimum absolute atomic E-state index is 0.154. The van der Waals surface area contributed by atoms with E-state index in [1.165, 1.54) is 13.2 Å². The molecule has 0 aliphatic carbocycles. The number of carbonyl (C=O) groups excluding carboxylic acids is 2. The van der Waals surface area contributed by atoms with Gasteiger partial charge in [-0.15, -0.1) is 0 Å². The van der Waals surface area contributed by atoms with Crippen LogP contribution in [0.2, 0.25) is 0 Å². The van der Waals surface area contributed by atoms with Crippen LogP contribution in [0.25, 0.3) is 0 Å². The van der Waals surface area contributed by atoms with Gasteiger partial charge in [-0.1, -0.05) is 25.5 Å². The van der Waals surface area contributed by atoms with Gasteiger partial charge in [0.25, 0.3) is 5.91 Å². The van der Waals surface area contributed by atoms with Crippen molar-refractivity contribution in [3.05, 3.63) is 59.2 Å². The summed E-state index contributed by atoms with van der Waals surface area (Å²) in [5, 5.41) is 5.31. The van der Waals surface area contributed by atoms with Crippen molar-refractivity contribution in [3.63, 3.8) is 0 Å². The van der Waals surface area contributed by atoms with Gasteiger partial charge >= 0.3 is 6.18 Å². The summed E-state index contributed by atoms with van der Waals surface area (Å²) < 4.78 is 49.2. The van der Waals surface area contributed by atoms with Gasteiger partial charge in [0.1, 0.15) is 6.04 Å². The van der Waals surface area contributed by atoms with Crippen LogP contribution >= 0.6 is 0 Å². The average Bonchev–Trinajstić information content (AvgIpc) is 2.78. The highest BCUT2D eigenvalue weighted by atomic mass is 19.4. The van der Waals surface area contributed by atoms with Crippen molar-refractivity contribution in [1.82, 2.24) is 10.6 Å². The standard InChI is InChI=1S/C23H27F3N2O4/c1-4-6-18(28-21(29)16-7-5-8-17(14-16)23(24,25)26)22(30)27-12-11-15-9-10-19(31-2)20(13-15)32-3/h5,7-10,13-14,18H,4,6,11-12H2,1-3H3,(H,27,30)(H,28,29). The number of hydrogen-bond donors (Lipinski definition) is 2. The second kappa shape index (κ2) is 11.4. The molecule has 2 N–H and O–H groups in total. The lowest BCUT2D eigenvalue weighted by atomic mass is 10.1. The molecule has 0 aliphatic heterocycles. The first-order valence-corrected chi connectivity index (χ1v) is 10.2. The first kappa shape index (κ1) is 25.0. The van der Waals surface area contributed by atoms with Crippen molar-refractivity contribution in [2.24, 2.45) is 0 Å². The Hall–Kier alpha value is -3.23. The van der Waals surface area contributed by atoms with E-state index in [9.17, 15) is 22.8 Å². The number of halogens is 3. The summed E-state index contributed by atoms with van der Waals surface area (Å²) in [6.07, 6.45) is -3.07. The largest absolute Gasteiger partial charge is 0.493 e. The number of nitrogens with one attached hydrogen (secondary N) is 2. The van der Waals surface area contributed by atoms with E-state index in [-0.39, 0.29) is 5.56 Å². The summed E-state index contributed by atoms with van der Waals surface area (Å²) >= 11 is 0. The third-order valence-corrected chi connectivity index (χ3v) is 4.81. The van der Waals surface area contributed by atoms with Crippen LogP contribution in [0, 0.1) is 0 Å². The molecular formula is C23H27F3N2O4. The first-order valence-electron chi connectivity index (χ1n) is 10.2. The quantitative estimate of drug-likeness (QED) is 0.572. The number of amides is 2. The van der Waals surface area contributed by atoms with Crippen molar-refractivity contribution >= 4 is 11.8 Å². The topological polar surface area (TPSA) is 76.7 Å². The fourth-order valence-corrected chi connectivity index (χ4v) is 3.13. The molecule has 6 nitrogen and oxygen atoms in total. The Labute approximate surface area is 185 Å². The van der Waals surface area contributed by atoms with Crippen LogP contribution in [0.1, 0.15) is 41.3 Å². The zero-order valence-electron chi connectivity index (χ0n) is 18.2. The first-order chi connectivity index (χ1) is 15.2. The van der Waals surface area contributed by atoms with Crippen LogP contribution in [-0.2, 0) is 17.4 Å². The molecule has 2 amide bonds. The number of carbonyl (C=O) groups is 2. The second-order valence-electron chi connectivity index (χ2n) is 7.12. The van der Waals surface area contributed by atoms with Gasteiger partial charge in [0.15, 0.2) is 11.5 Å². The van der Waals surface area contributed by atoms with Crippen molar-refractivity contribution in [1.29, 1.82) is 0 Å². The molecule has 0 bridgehead atoms. The van der Waals surface area contributed by atoms with Crippen LogP contribution in [0.15, 0.2) is 42.5 Å². The molecule has 0 radical (unpaired) electrons. The maximum Gasteiger partial charge on any atom is 0.416 e. The predicted molar refractivity (Wildman–Crippen MR) is 114 cm³/mol. The molecule has 0 aliphatic rings. The minimum atomic E-state index is -4.55. The Morgan fingerprint density at radius 1 is 1.03 bits per heavy atom. The number of alkyl halides is 3. The Kier molecular flexibility index (Phi) is 8.92. The van der Waals surface area contributed by atoms with E-state index in [0.717, 1.165) is 23.8 Å². The van der Waals surface area contributed by atoms with E-state index >= 15 is 0 Å². The molecule has 174 valence electrons. The molecule has 1 atom stereocenters. The van der Waals surface area contributed by atoms with E-state index < -0.39 is 29.6 Å². The van der Waals surface area contributed by atoms with Gasteiger partial charge in [0, 0.05) is 12.1 Å². The third-order valence-electron chi connectivity index (χ3n) is 4.81. The van der Waals surface area contributed by atoms with Gasteiger partial charge in [-0.05, 0) is 48.7 Å². The zero-order valence-corrected chi connectivity index (χ0v) is 18.2. The molecule has 0 spiro atoms. The third kappa shape index (κ3) is 6.90. The number of benzene rings is 2. The molecule has 2 aromatic rings. The van der Waals surface area contributed by atoms with Crippen molar-refractivity contribution < 1.29 is 32.2 Å². The van der Waals surface area contributed by atoms with Gasteiger partial charge in [-0.2, -0.15) is 13.2 Å². The summed E-state index contributed by atoms with van der Waals surface area (Å²) in [7, 11) is 3.07. The maximum atomic E-state index is 12.9. The number of ether oxygens (including phenoxy) is 2. The Balaban J connectivity index is 1.98. The summed E-state index contributed by atoms with van der Waals surface area (Å²) in [5.41, 5.74) is -0.154. The van der Waals surface area contributed by atoms with Gasteiger partial charge in [0.05, 0.1) is 19.8 Å². The van der Waals surface area contributed by atoms with Crippen molar-refractivity contribution in [3.8, 4) is 11.5 Å². The lowest BCUT2D eigenvalue weighted by Gasteiger charge is -2.18. The van der Waals surface area contributed by atoms with E-state index in [2.05, 4.69) is 10.6 Å². The van der Waals surface area contributed by atoms with Crippen LogP contribution < -0.4 is 20.1 Å². The average molecular weight is 452 g/mol. The van der Waals surface area contributed by atoms with Crippen LogP contribution in [0.3, 0.4) is 0 Å². The number of methoxy groups -OCH3 is 2. The minimum Gasteiger partial charge on any atom is -0.493 e. The summed E-state index contributed by atoms with van der Waals surface area (Å²) in [6.45, 7) is 2.16. The van der Waals surface area contributed by atoms with E-state index in [1.54, 1.807) is 13.2 Å². The fourth-order valence-electron chi connectivity index (χ4n) is 3.13. The SMILES string of the molecule is CCCC(NC(=O)c1cccc(C(F)(F)F)c1)C(=O)NCCc1ccc(OC)c(OC)c1. The molecule has 32 heavy (non-hydrogen) atoms. The molecule has 2 aromatic carbocycles. The van der Waals surface area contributed by atoms with Crippen molar-refractivity contribution in [2.75, 3.05) is 20.8 Å². The van der Waals surface area contributed by atoms with Crippen LogP contribution in [0.5, 0.6) is 11.5 Å². The molecular weight excluding hydrogens is 425 g/mol. The Morgan fingerprint density at radius 3 is 2.38 bits per heavy atom. The molecule has 0 fully saturated rings. The Bertz CT molecular complexity index is 932. The van der Waals surface area contributed by atoms with E-state index in [0.29, 0.717) is 37.3 Å². The van der Waals surface area contributed by atoms with Gasteiger partial charge in [-0.25, -0.2) is 0 Å². The van der Waals surface area contributed by atoms with Crippen LogP contribution in [-0.4, -0.2) is 38.6 Å². The molecule has 0 saturated carbocycles. The lowest BCUT2D eigenvalue weighted by molar-refractivity contribution is -0.137. The highest BCUT2D eigenvalue weighted by Crippen LogP contribution is 2.29. The van der Waals surface area contributed by atoms with Crippen molar-refractivity contribution in [2.45, 2.75) is 38.4 Å². The zero-order chi connectivity index (χ0) is 23.7.